The lowest BCUT2D eigenvalue weighted by Crippen LogP contribution is -2.41. The number of ether oxygens (including phenoxy) is 2. The zero-order valence-corrected chi connectivity index (χ0v) is 18.1. The summed E-state index contributed by atoms with van der Waals surface area (Å²) in [4.78, 5) is 14.4. The molecule has 1 fully saturated rings. The predicted octanol–water partition coefficient (Wildman–Crippen LogP) is 3.86. The molecule has 3 N–H and O–H groups in total. The summed E-state index contributed by atoms with van der Waals surface area (Å²) in [5, 5.41) is 2.97. The summed E-state index contributed by atoms with van der Waals surface area (Å²) in [7, 11) is 0. The van der Waals surface area contributed by atoms with Crippen LogP contribution in [0.15, 0.2) is 54.6 Å². The predicted molar refractivity (Wildman–Crippen MR) is 118 cm³/mol. The van der Waals surface area contributed by atoms with Crippen molar-refractivity contribution in [1.82, 2.24) is 10.2 Å². The van der Waals surface area contributed by atoms with Gasteiger partial charge in [0.1, 0.15) is 18.0 Å². The Balaban J connectivity index is 1.53. The second-order valence-electron chi connectivity index (χ2n) is 8.72. The molecule has 1 amide bonds. The molecule has 0 aliphatic carbocycles. The second kappa shape index (κ2) is 9.96. The Labute approximate surface area is 179 Å². The molecule has 162 valence electrons. The molecule has 1 saturated heterocycles. The third-order valence-electron chi connectivity index (χ3n) is 5.12. The number of alkyl carbamates (subject to hydrolysis) is 1. The van der Waals surface area contributed by atoms with Gasteiger partial charge >= 0.3 is 6.09 Å². The highest BCUT2D eigenvalue weighted by molar-refractivity contribution is 5.68. The maximum Gasteiger partial charge on any atom is 0.407 e. The quantitative estimate of drug-likeness (QED) is 0.723. The minimum Gasteiger partial charge on any atom is -0.489 e. The van der Waals surface area contributed by atoms with Crippen LogP contribution in [-0.4, -0.2) is 42.3 Å². The molecule has 0 unspecified atom stereocenters. The first kappa shape index (κ1) is 22.1. The van der Waals surface area contributed by atoms with E-state index < -0.39 is 5.60 Å². The average Bonchev–Trinajstić information content (AvgIpc) is 3.15. The molecule has 6 heteroatoms. The van der Waals surface area contributed by atoms with Crippen LogP contribution >= 0.6 is 0 Å². The van der Waals surface area contributed by atoms with Gasteiger partial charge in [0.2, 0.25) is 0 Å². The maximum atomic E-state index is 12.0. The molecular formula is C24H33N3O3. The normalized spacial score (nSPS) is 18.1. The zero-order chi connectivity index (χ0) is 21.6. The highest BCUT2D eigenvalue weighted by Crippen LogP contribution is 2.26. The first-order chi connectivity index (χ1) is 14.3. The first-order valence-corrected chi connectivity index (χ1v) is 10.5. The fourth-order valence-electron chi connectivity index (χ4n) is 3.69. The molecular weight excluding hydrogens is 378 g/mol. The number of carbonyl (C=O) groups is 1. The fourth-order valence-corrected chi connectivity index (χ4v) is 3.69. The number of carbonyl (C=O) groups excluding carboxylic acids is 1. The van der Waals surface area contributed by atoms with E-state index in [1.54, 1.807) is 0 Å². The summed E-state index contributed by atoms with van der Waals surface area (Å²) in [6.07, 6.45) is 0.521. The minimum absolute atomic E-state index is 0.0716. The van der Waals surface area contributed by atoms with Crippen molar-refractivity contribution in [3.63, 3.8) is 0 Å². The number of nitrogens with two attached hydrogens (primary N) is 1. The number of benzene rings is 2. The number of rotatable bonds is 7. The third kappa shape index (κ3) is 6.47. The van der Waals surface area contributed by atoms with Crippen molar-refractivity contribution in [3.8, 4) is 5.75 Å². The van der Waals surface area contributed by atoms with Crippen LogP contribution in [0.3, 0.4) is 0 Å². The topological polar surface area (TPSA) is 76.8 Å². The van der Waals surface area contributed by atoms with Gasteiger partial charge in [0.25, 0.3) is 0 Å². The summed E-state index contributed by atoms with van der Waals surface area (Å²) in [5.41, 5.74) is 7.90. The summed E-state index contributed by atoms with van der Waals surface area (Å²) in [5.74, 6) is 0.837. The van der Waals surface area contributed by atoms with Crippen molar-refractivity contribution < 1.29 is 14.3 Å². The summed E-state index contributed by atoms with van der Waals surface area (Å²) < 4.78 is 11.2. The lowest BCUT2D eigenvalue weighted by Gasteiger charge is -2.27. The minimum atomic E-state index is -0.494. The number of hydrogen-bond donors (Lipinski definition) is 2. The van der Waals surface area contributed by atoms with Crippen molar-refractivity contribution >= 4 is 6.09 Å². The molecule has 0 aromatic heterocycles. The van der Waals surface area contributed by atoms with Crippen LogP contribution in [0.25, 0.3) is 0 Å². The van der Waals surface area contributed by atoms with E-state index in [4.69, 9.17) is 15.2 Å². The van der Waals surface area contributed by atoms with Gasteiger partial charge in [-0.15, -0.1) is 0 Å². The molecule has 1 heterocycles. The van der Waals surface area contributed by atoms with Crippen LogP contribution in [0.2, 0.25) is 0 Å². The molecule has 1 aliphatic heterocycles. The van der Waals surface area contributed by atoms with E-state index in [0.29, 0.717) is 13.2 Å². The standard InChI is InChI=1S/C24H33N3O3/c1-24(2,3)30-23(28)26-20-13-14-27(16-20)22(15-25)19-9-11-21(12-10-19)29-17-18-7-5-4-6-8-18/h4-12,20,22H,13-17,25H2,1-3H3,(H,26,28)/t20-,22+/m1/s1. The Kier molecular flexibility index (Phi) is 7.34. The highest BCUT2D eigenvalue weighted by atomic mass is 16.6. The Bertz CT molecular complexity index is 803. The zero-order valence-electron chi connectivity index (χ0n) is 18.1. The van der Waals surface area contributed by atoms with Crippen molar-refractivity contribution in [2.24, 2.45) is 5.73 Å². The molecule has 2 aromatic rings. The molecule has 3 rings (SSSR count). The van der Waals surface area contributed by atoms with E-state index in [9.17, 15) is 4.79 Å². The van der Waals surface area contributed by atoms with Crippen molar-refractivity contribution in [1.29, 1.82) is 0 Å². The van der Waals surface area contributed by atoms with Gasteiger partial charge in [-0.05, 0) is 50.5 Å². The van der Waals surface area contributed by atoms with E-state index >= 15 is 0 Å². The van der Waals surface area contributed by atoms with Gasteiger partial charge in [0.05, 0.1) is 0 Å². The molecule has 2 atom stereocenters. The van der Waals surface area contributed by atoms with Crippen LogP contribution in [0.5, 0.6) is 5.75 Å². The van der Waals surface area contributed by atoms with E-state index in [2.05, 4.69) is 22.3 Å². The van der Waals surface area contributed by atoms with Crippen LogP contribution < -0.4 is 15.8 Å². The van der Waals surface area contributed by atoms with E-state index in [1.165, 1.54) is 0 Å². The van der Waals surface area contributed by atoms with E-state index in [0.717, 1.165) is 36.4 Å². The van der Waals surface area contributed by atoms with Gasteiger partial charge in [0, 0.05) is 31.7 Å². The van der Waals surface area contributed by atoms with Gasteiger partial charge < -0.3 is 20.5 Å². The average molecular weight is 412 g/mol. The number of likely N-dealkylation sites (tertiary alicyclic amines) is 1. The monoisotopic (exact) mass is 411 g/mol. The Morgan fingerprint density at radius 1 is 1.17 bits per heavy atom. The molecule has 30 heavy (non-hydrogen) atoms. The van der Waals surface area contributed by atoms with Gasteiger partial charge in [-0.1, -0.05) is 42.5 Å². The summed E-state index contributed by atoms with van der Waals surface area (Å²) >= 11 is 0. The molecule has 2 aromatic carbocycles. The Morgan fingerprint density at radius 2 is 1.87 bits per heavy atom. The van der Waals surface area contributed by atoms with Crippen LogP contribution in [0.4, 0.5) is 4.79 Å². The van der Waals surface area contributed by atoms with Gasteiger partial charge in [-0.3, -0.25) is 4.90 Å². The fraction of sp³-hybridized carbons (Fsp3) is 0.458. The van der Waals surface area contributed by atoms with E-state index in [1.807, 2.05) is 63.2 Å². The number of hydrogen-bond acceptors (Lipinski definition) is 5. The Hall–Kier alpha value is -2.57. The lowest BCUT2D eigenvalue weighted by atomic mass is 10.1. The van der Waals surface area contributed by atoms with Gasteiger partial charge in [-0.2, -0.15) is 0 Å². The molecule has 0 spiro atoms. The molecule has 0 saturated carbocycles. The van der Waals surface area contributed by atoms with Gasteiger partial charge in [-0.25, -0.2) is 4.79 Å². The summed E-state index contributed by atoms with van der Waals surface area (Å²) in [6.45, 7) is 8.30. The number of nitrogens with zero attached hydrogens (tertiary/aromatic N) is 1. The Morgan fingerprint density at radius 3 is 2.50 bits per heavy atom. The summed E-state index contributed by atoms with van der Waals surface area (Å²) in [6, 6.07) is 18.4. The SMILES string of the molecule is CC(C)(C)OC(=O)N[C@@H]1CCN([C@@H](CN)c2ccc(OCc3ccccc3)cc2)C1. The smallest absolute Gasteiger partial charge is 0.407 e. The second-order valence-corrected chi connectivity index (χ2v) is 8.72. The van der Waals surface area contributed by atoms with Crippen molar-refractivity contribution in [3.05, 3.63) is 65.7 Å². The number of amides is 1. The molecule has 6 nitrogen and oxygen atoms in total. The van der Waals surface area contributed by atoms with Crippen LogP contribution in [0.1, 0.15) is 44.4 Å². The number of nitrogens with one attached hydrogen (secondary N) is 1. The van der Waals surface area contributed by atoms with Gasteiger partial charge in [0.15, 0.2) is 0 Å². The first-order valence-electron chi connectivity index (χ1n) is 10.5. The molecule has 0 bridgehead atoms. The maximum absolute atomic E-state index is 12.0. The van der Waals surface area contributed by atoms with Crippen LogP contribution in [-0.2, 0) is 11.3 Å². The van der Waals surface area contributed by atoms with Crippen molar-refractivity contribution in [2.45, 2.75) is 51.5 Å². The van der Waals surface area contributed by atoms with Crippen LogP contribution in [0, 0.1) is 0 Å². The molecule has 1 aliphatic rings. The highest BCUT2D eigenvalue weighted by Gasteiger charge is 2.30. The van der Waals surface area contributed by atoms with E-state index in [-0.39, 0.29) is 18.2 Å². The van der Waals surface area contributed by atoms with Crippen molar-refractivity contribution in [2.75, 3.05) is 19.6 Å². The molecule has 0 radical (unpaired) electrons. The third-order valence-corrected chi connectivity index (χ3v) is 5.12. The lowest BCUT2D eigenvalue weighted by molar-refractivity contribution is 0.0504. The largest absolute Gasteiger partial charge is 0.489 e.